The third-order valence-electron chi connectivity index (χ3n) is 3.07. The van der Waals surface area contributed by atoms with E-state index in [-0.39, 0.29) is 5.78 Å². The summed E-state index contributed by atoms with van der Waals surface area (Å²) in [5.74, 6) is 0.142. The molecule has 0 aliphatic heterocycles. The summed E-state index contributed by atoms with van der Waals surface area (Å²) in [5.41, 5.74) is 0.731. The molecule has 1 saturated carbocycles. The number of halogens is 1. The number of carbonyl (C=O) groups excluding carboxylic acids is 1. The summed E-state index contributed by atoms with van der Waals surface area (Å²) in [6, 6.07) is 7.60. The van der Waals surface area contributed by atoms with Crippen LogP contribution in [-0.4, -0.2) is 18.4 Å². The lowest BCUT2D eigenvalue weighted by Crippen LogP contribution is -2.31. The molecule has 0 saturated heterocycles. The second kappa shape index (κ2) is 5.46. The second-order valence-electron chi connectivity index (χ2n) is 4.29. The summed E-state index contributed by atoms with van der Waals surface area (Å²) in [5, 5.41) is 3.98. The highest BCUT2D eigenvalue weighted by Gasteiger charge is 2.15. The fourth-order valence-electron chi connectivity index (χ4n) is 2.10. The quantitative estimate of drug-likeness (QED) is 0.816. The average Bonchev–Trinajstić information content (AvgIpc) is 2.80. The number of carbonyl (C=O) groups is 1. The largest absolute Gasteiger partial charge is 0.307 e. The lowest BCUT2D eigenvalue weighted by molar-refractivity contribution is 0.0987. The van der Waals surface area contributed by atoms with Gasteiger partial charge in [-0.15, -0.1) is 0 Å². The van der Waals surface area contributed by atoms with Crippen LogP contribution in [0.2, 0.25) is 5.02 Å². The molecule has 0 heterocycles. The van der Waals surface area contributed by atoms with Crippen LogP contribution in [0.4, 0.5) is 0 Å². The van der Waals surface area contributed by atoms with Gasteiger partial charge >= 0.3 is 0 Å². The summed E-state index contributed by atoms with van der Waals surface area (Å²) in [6.07, 6.45) is 4.97. The normalized spacial score (nSPS) is 16.6. The van der Waals surface area contributed by atoms with E-state index in [0.717, 1.165) is 5.56 Å². The molecule has 2 nitrogen and oxygen atoms in total. The lowest BCUT2D eigenvalue weighted by Gasteiger charge is -2.10. The third-order valence-corrected chi connectivity index (χ3v) is 3.32. The Hall–Kier alpha value is -0.860. The Bertz CT molecular complexity index is 355. The van der Waals surface area contributed by atoms with Crippen molar-refractivity contribution in [3.8, 4) is 0 Å². The van der Waals surface area contributed by atoms with Crippen molar-refractivity contribution < 1.29 is 4.79 Å². The van der Waals surface area contributed by atoms with Crippen LogP contribution >= 0.6 is 11.6 Å². The van der Waals surface area contributed by atoms with Gasteiger partial charge in [-0.1, -0.05) is 24.4 Å². The maximum absolute atomic E-state index is 11.8. The molecule has 1 aromatic carbocycles. The summed E-state index contributed by atoms with van der Waals surface area (Å²) in [7, 11) is 0. The van der Waals surface area contributed by atoms with Gasteiger partial charge in [0.15, 0.2) is 5.78 Å². The molecule has 1 N–H and O–H groups in total. The predicted octanol–water partition coefficient (Wildman–Crippen LogP) is 3.05. The molecule has 2 rings (SSSR count). The zero-order valence-corrected chi connectivity index (χ0v) is 9.96. The summed E-state index contributed by atoms with van der Waals surface area (Å²) in [4.78, 5) is 11.8. The van der Waals surface area contributed by atoms with E-state index in [1.54, 1.807) is 24.3 Å². The predicted molar refractivity (Wildman–Crippen MR) is 66.0 cm³/mol. The summed E-state index contributed by atoms with van der Waals surface area (Å²) >= 11 is 5.77. The van der Waals surface area contributed by atoms with Gasteiger partial charge in [0.05, 0.1) is 6.54 Å². The molecular weight excluding hydrogens is 222 g/mol. The molecule has 1 aliphatic carbocycles. The molecule has 0 aromatic heterocycles. The first kappa shape index (κ1) is 11.6. The molecule has 1 aliphatic rings. The highest BCUT2D eigenvalue weighted by Crippen LogP contribution is 2.17. The molecule has 0 bridgehead atoms. The van der Waals surface area contributed by atoms with Crippen LogP contribution in [-0.2, 0) is 0 Å². The number of Topliss-reactive ketones (excluding diaryl/α,β-unsaturated/α-hetero) is 1. The van der Waals surface area contributed by atoms with Gasteiger partial charge in [0.1, 0.15) is 0 Å². The molecule has 0 amide bonds. The maximum atomic E-state index is 11.8. The number of hydrogen-bond donors (Lipinski definition) is 1. The number of hydrogen-bond acceptors (Lipinski definition) is 2. The van der Waals surface area contributed by atoms with Crippen LogP contribution in [0.5, 0.6) is 0 Å². The Morgan fingerprint density at radius 2 is 1.88 bits per heavy atom. The average molecular weight is 238 g/mol. The van der Waals surface area contributed by atoms with Gasteiger partial charge < -0.3 is 5.32 Å². The fourth-order valence-corrected chi connectivity index (χ4v) is 2.23. The van der Waals surface area contributed by atoms with Crippen molar-refractivity contribution in [2.24, 2.45) is 0 Å². The smallest absolute Gasteiger partial charge is 0.176 e. The molecule has 0 unspecified atom stereocenters. The minimum Gasteiger partial charge on any atom is -0.307 e. The van der Waals surface area contributed by atoms with Gasteiger partial charge in [0, 0.05) is 16.6 Å². The standard InChI is InChI=1S/C13H16ClNO/c14-11-7-5-10(6-8-11)13(16)9-15-12-3-1-2-4-12/h5-8,12,15H,1-4,9H2. The van der Waals surface area contributed by atoms with Crippen molar-refractivity contribution in [3.63, 3.8) is 0 Å². The zero-order chi connectivity index (χ0) is 11.4. The minimum absolute atomic E-state index is 0.142. The van der Waals surface area contributed by atoms with Crippen LogP contribution in [0.3, 0.4) is 0 Å². The van der Waals surface area contributed by atoms with Crippen LogP contribution in [0, 0.1) is 0 Å². The van der Waals surface area contributed by atoms with Gasteiger partial charge in [-0.3, -0.25) is 4.79 Å². The van der Waals surface area contributed by atoms with Crippen LogP contribution in [0.25, 0.3) is 0 Å². The zero-order valence-electron chi connectivity index (χ0n) is 9.21. The van der Waals surface area contributed by atoms with E-state index in [4.69, 9.17) is 11.6 Å². The van der Waals surface area contributed by atoms with Crippen molar-refractivity contribution in [1.82, 2.24) is 5.32 Å². The Kier molecular flexibility index (Phi) is 3.97. The van der Waals surface area contributed by atoms with Crippen LogP contribution in [0.15, 0.2) is 24.3 Å². The Labute approximate surface area is 101 Å². The van der Waals surface area contributed by atoms with Gasteiger partial charge in [-0.2, -0.15) is 0 Å². The Morgan fingerprint density at radius 1 is 1.25 bits per heavy atom. The molecule has 3 heteroatoms. The molecular formula is C13H16ClNO. The first-order valence-corrected chi connectivity index (χ1v) is 6.15. The Morgan fingerprint density at radius 3 is 2.50 bits per heavy atom. The van der Waals surface area contributed by atoms with Crippen molar-refractivity contribution >= 4 is 17.4 Å². The number of nitrogens with one attached hydrogen (secondary N) is 1. The highest BCUT2D eigenvalue weighted by atomic mass is 35.5. The monoisotopic (exact) mass is 237 g/mol. The molecule has 1 fully saturated rings. The van der Waals surface area contributed by atoms with Gasteiger partial charge in [-0.25, -0.2) is 0 Å². The van der Waals surface area contributed by atoms with E-state index < -0.39 is 0 Å². The number of benzene rings is 1. The van der Waals surface area contributed by atoms with Gasteiger partial charge in [-0.05, 0) is 37.1 Å². The fraction of sp³-hybridized carbons (Fsp3) is 0.462. The van der Waals surface area contributed by atoms with E-state index in [1.165, 1.54) is 25.7 Å². The first-order valence-electron chi connectivity index (χ1n) is 5.78. The van der Waals surface area contributed by atoms with E-state index in [2.05, 4.69) is 5.32 Å². The maximum Gasteiger partial charge on any atom is 0.176 e. The third kappa shape index (κ3) is 3.06. The minimum atomic E-state index is 0.142. The van der Waals surface area contributed by atoms with E-state index in [0.29, 0.717) is 17.6 Å². The molecule has 16 heavy (non-hydrogen) atoms. The molecule has 0 spiro atoms. The van der Waals surface area contributed by atoms with Crippen molar-refractivity contribution in [2.45, 2.75) is 31.7 Å². The number of ketones is 1. The molecule has 0 atom stereocenters. The second-order valence-corrected chi connectivity index (χ2v) is 4.73. The van der Waals surface area contributed by atoms with E-state index in [9.17, 15) is 4.79 Å². The summed E-state index contributed by atoms with van der Waals surface area (Å²) in [6.45, 7) is 0.437. The van der Waals surface area contributed by atoms with Crippen molar-refractivity contribution in [2.75, 3.05) is 6.54 Å². The first-order chi connectivity index (χ1) is 7.75. The molecule has 86 valence electrons. The number of rotatable bonds is 4. The topological polar surface area (TPSA) is 29.1 Å². The van der Waals surface area contributed by atoms with Crippen LogP contribution in [0.1, 0.15) is 36.0 Å². The molecule has 1 aromatic rings. The van der Waals surface area contributed by atoms with E-state index >= 15 is 0 Å². The van der Waals surface area contributed by atoms with Crippen molar-refractivity contribution in [1.29, 1.82) is 0 Å². The SMILES string of the molecule is O=C(CNC1CCCC1)c1ccc(Cl)cc1. The van der Waals surface area contributed by atoms with E-state index in [1.807, 2.05) is 0 Å². The Balaban J connectivity index is 1.85. The van der Waals surface area contributed by atoms with Gasteiger partial charge in [0.25, 0.3) is 0 Å². The van der Waals surface area contributed by atoms with Crippen LogP contribution < -0.4 is 5.32 Å². The molecule has 0 radical (unpaired) electrons. The van der Waals surface area contributed by atoms with Crippen molar-refractivity contribution in [3.05, 3.63) is 34.9 Å². The summed E-state index contributed by atoms with van der Waals surface area (Å²) < 4.78 is 0. The lowest BCUT2D eigenvalue weighted by atomic mass is 10.1. The highest BCUT2D eigenvalue weighted by molar-refractivity contribution is 6.30. The van der Waals surface area contributed by atoms with Gasteiger partial charge in [0.2, 0.25) is 0 Å².